The Hall–Kier alpha value is -1.99. The highest BCUT2D eigenvalue weighted by molar-refractivity contribution is 7.17. The summed E-state index contributed by atoms with van der Waals surface area (Å²) < 4.78 is 52.7. The Morgan fingerprint density at radius 2 is 1.61 bits per heavy atom. The standard InChI is InChI=1S/C13H21N3.C11H12F4NOP.C5H12.C2H6/c1-2-9-5-13(14-8-9)16-12-6-10-3-4-11(7-12)15-10;1-10(12,13)8-2-7(5-16-6-17)3-9(4-8)11(14,15)18;1-3-5-4-2;1-2/h5,10-12,15H,2-4,6-8H2,1H3,(H,14,16);2-4,6H,5,18H2,1H3,(H,16,17);3-5H2,1-2H3;1-2H3. The van der Waals surface area contributed by atoms with Gasteiger partial charge in [0.2, 0.25) is 6.41 Å². The van der Waals surface area contributed by atoms with Gasteiger partial charge in [0.15, 0.2) is 0 Å². The summed E-state index contributed by atoms with van der Waals surface area (Å²) in [5, 5.41) is 9.53. The lowest BCUT2D eigenvalue weighted by atomic mass is 10.00. The zero-order chi connectivity index (χ0) is 31.1. The summed E-state index contributed by atoms with van der Waals surface area (Å²) in [6, 6.07) is 5.10. The van der Waals surface area contributed by atoms with Crippen molar-refractivity contribution in [3.63, 3.8) is 0 Å². The van der Waals surface area contributed by atoms with E-state index in [9.17, 15) is 22.4 Å². The first-order valence-electron chi connectivity index (χ1n) is 15.0. The fraction of sp³-hybridized carbons (Fsp3) is 0.677. The molecule has 5 nitrogen and oxygen atoms in total. The fourth-order valence-corrected chi connectivity index (χ4v) is 5.08. The van der Waals surface area contributed by atoms with E-state index in [4.69, 9.17) is 0 Å². The lowest BCUT2D eigenvalue weighted by Gasteiger charge is -2.30. The van der Waals surface area contributed by atoms with Gasteiger partial charge in [-0.3, -0.25) is 9.79 Å². The number of amidine groups is 1. The van der Waals surface area contributed by atoms with Crippen LogP contribution < -0.4 is 16.0 Å². The van der Waals surface area contributed by atoms with Crippen LogP contribution in [0.15, 0.2) is 34.8 Å². The maximum atomic E-state index is 13.2. The molecule has 1 amide bonds. The van der Waals surface area contributed by atoms with Crippen molar-refractivity contribution < 1.29 is 22.4 Å². The highest BCUT2D eigenvalue weighted by Crippen LogP contribution is 2.38. The van der Waals surface area contributed by atoms with E-state index < -0.39 is 22.7 Å². The minimum absolute atomic E-state index is 0.0822. The topological polar surface area (TPSA) is 65.5 Å². The fourth-order valence-electron chi connectivity index (χ4n) is 4.91. The van der Waals surface area contributed by atoms with E-state index >= 15 is 0 Å². The van der Waals surface area contributed by atoms with Crippen LogP contribution in [0.1, 0.15) is 110 Å². The lowest BCUT2D eigenvalue weighted by molar-refractivity contribution is -0.109. The zero-order valence-corrected chi connectivity index (χ0v) is 26.8. The molecule has 3 atom stereocenters. The van der Waals surface area contributed by atoms with Crippen LogP contribution >= 0.6 is 9.24 Å². The molecule has 2 bridgehead atoms. The number of aliphatic imine (C=N–C) groups is 1. The van der Waals surface area contributed by atoms with Crippen LogP contribution in [0.2, 0.25) is 0 Å². The average molecular weight is 603 g/mol. The quantitative estimate of drug-likeness (QED) is 0.154. The largest absolute Gasteiger partial charge is 0.368 e. The first-order chi connectivity index (χ1) is 19.4. The Labute approximate surface area is 247 Å². The van der Waals surface area contributed by atoms with Gasteiger partial charge in [0.05, 0.1) is 6.54 Å². The van der Waals surface area contributed by atoms with Crippen molar-refractivity contribution >= 4 is 21.5 Å². The minimum Gasteiger partial charge on any atom is -0.368 e. The van der Waals surface area contributed by atoms with Gasteiger partial charge in [-0.2, -0.15) is 8.78 Å². The summed E-state index contributed by atoms with van der Waals surface area (Å²) in [6.07, 6.45) is 13.1. The van der Waals surface area contributed by atoms with E-state index in [-0.39, 0.29) is 12.1 Å². The van der Waals surface area contributed by atoms with Gasteiger partial charge in [-0.05, 0) is 67.5 Å². The predicted octanol–water partition coefficient (Wildman–Crippen LogP) is 7.80. The molecule has 2 saturated heterocycles. The number of carbonyl (C=O) groups is 1. The molecular formula is C31H51F4N4OP. The highest BCUT2D eigenvalue weighted by Gasteiger charge is 2.34. The molecule has 3 aliphatic rings. The summed E-state index contributed by atoms with van der Waals surface area (Å²) in [5.74, 6) is -2.09. The molecule has 4 rings (SSSR count). The van der Waals surface area contributed by atoms with Crippen molar-refractivity contribution in [1.82, 2.24) is 16.0 Å². The molecular weight excluding hydrogens is 551 g/mol. The average Bonchev–Trinajstić information content (AvgIpc) is 3.53. The van der Waals surface area contributed by atoms with E-state index in [0.29, 0.717) is 19.4 Å². The second-order valence-corrected chi connectivity index (χ2v) is 11.3. The van der Waals surface area contributed by atoms with Gasteiger partial charge in [0.25, 0.3) is 11.6 Å². The maximum absolute atomic E-state index is 13.2. The number of fused-ring (bicyclic) bond motifs is 2. The molecule has 2 fully saturated rings. The predicted molar refractivity (Wildman–Crippen MR) is 166 cm³/mol. The van der Waals surface area contributed by atoms with Crippen molar-refractivity contribution in [2.75, 3.05) is 6.54 Å². The molecule has 0 saturated carbocycles. The number of benzene rings is 1. The second-order valence-electron chi connectivity index (χ2n) is 10.6. The molecule has 0 aromatic heterocycles. The van der Waals surface area contributed by atoms with Crippen molar-refractivity contribution in [3.05, 3.63) is 46.5 Å². The summed E-state index contributed by atoms with van der Waals surface area (Å²) in [7, 11) is 1.30. The van der Waals surface area contributed by atoms with Crippen molar-refractivity contribution in [1.29, 1.82) is 0 Å². The van der Waals surface area contributed by atoms with Crippen LogP contribution in [0.5, 0.6) is 0 Å². The Morgan fingerprint density at radius 1 is 1.02 bits per heavy atom. The summed E-state index contributed by atoms with van der Waals surface area (Å²) in [5.41, 5.74) is -2.69. The van der Waals surface area contributed by atoms with Gasteiger partial charge >= 0.3 is 0 Å². The molecule has 1 aromatic rings. The number of hydrogen-bond donors (Lipinski definition) is 3. The molecule has 3 aliphatic heterocycles. The van der Waals surface area contributed by atoms with Gasteiger partial charge < -0.3 is 16.0 Å². The van der Waals surface area contributed by atoms with Crippen LogP contribution in [0, 0.1) is 0 Å². The molecule has 10 heteroatoms. The smallest absolute Gasteiger partial charge is 0.283 e. The van der Waals surface area contributed by atoms with Crippen molar-refractivity contribution in [3.8, 4) is 0 Å². The Bertz CT molecular complexity index is 930. The summed E-state index contributed by atoms with van der Waals surface area (Å²) in [6.45, 7) is 12.1. The maximum Gasteiger partial charge on any atom is 0.283 e. The molecule has 3 N–H and O–H groups in total. The number of rotatable bonds is 9. The van der Waals surface area contributed by atoms with E-state index in [1.165, 1.54) is 59.8 Å². The molecule has 1 aromatic carbocycles. The molecule has 3 heterocycles. The molecule has 41 heavy (non-hydrogen) atoms. The Kier molecular flexibility index (Phi) is 16.7. The summed E-state index contributed by atoms with van der Waals surface area (Å²) >= 11 is 0. The van der Waals surface area contributed by atoms with Crippen LogP contribution in [-0.4, -0.2) is 36.9 Å². The van der Waals surface area contributed by atoms with Crippen LogP contribution in [-0.2, 0) is 22.9 Å². The normalized spacial score (nSPS) is 21.1. The number of hydrogen-bond acceptors (Lipinski definition) is 4. The van der Waals surface area contributed by atoms with Crippen molar-refractivity contribution in [2.45, 2.75) is 129 Å². The number of piperidine rings is 1. The third kappa shape index (κ3) is 13.7. The zero-order valence-electron chi connectivity index (χ0n) is 25.6. The Morgan fingerprint density at radius 3 is 2.05 bits per heavy atom. The van der Waals surface area contributed by atoms with Crippen LogP contribution in [0.4, 0.5) is 17.6 Å². The van der Waals surface area contributed by atoms with Crippen LogP contribution in [0.3, 0.4) is 0 Å². The number of amides is 1. The number of unbranched alkanes of at least 4 members (excludes halogenated alkanes) is 2. The molecule has 0 radical (unpaired) electrons. The number of halogens is 4. The molecule has 234 valence electrons. The van der Waals surface area contributed by atoms with Gasteiger partial charge in [0, 0.05) is 42.7 Å². The molecule has 3 unspecified atom stereocenters. The van der Waals surface area contributed by atoms with E-state index in [0.717, 1.165) is 49.1 Å². The third-order valence-corrected chi connectivity index (χ3v) is 7.39. The molecule has 0 aliphatic carbocycles. The second kappa shape index (κ2) is 18.5. The van der Waals surface area contributed by atoms with Gasteiger partial charge in [-0.1, -0.05) is 63.1 Å². The minimum atomic E-state index is -3.29. The van der Waals surface area contributed by atoms with Crippen LogP contribution in [0.25, 0.3) is 0 Å². The number of carbonyl (C=O) groups excluding carboxylic acids is 1. The molecule has 0 spiro atoms. The number of nitrogens with zero attached hydrogens (tertiary/aromatic N) is 1. The lowest BCUT2D eigenvalue weighted by Crippen LogP contribution is -2.47. The number of alkyl halides is 4. The van der Waals surface area contributed by atoms with E-state index in [2.05, 4.69) is 47.8 Å². The van der Waals surface area contributed by atoms with Gasteiger partial charge in [-0.25, -0.2) is 8.78 Å². The first kappa shape index (κ1) is 37.0. The van der Waals surface area contributed by atoms with E-state index in [1.54, 1.807) is 0 Å². The highest BCUT2D eigenvalue weighted by atomic mass is 31.0. The Balaban J connectivity index is 0.000000336. The van der Waals surface area contributed by atoms with Gasteiger partial charge in [0.1, 0.15) is 5.84 Å². The van der Waals surface area contributed by atoms with Crippen molar-refractivity contribution in [2.24, 2.45) is 4.99 Å². The van der Waals surface area contributed by atoms with Gasteiger partial charge in [-0.15, -0.1) is 0 Å². The van der Waals surface area contributed by atoms with E-state index in [1.807, 2.05) is 13.8 Å². The summed E-state index contributed by atoms with van der Waals surface area (Å²) in [4.78, 5) is 14.7. The first-order valence-corrected chi connectivity index (χ1v) is 15.6. The number of nitrogens with one attached hydrogen (secondary N) is 3. The third-order valence-electron chi connectivity index (χ3n) is 7.05. The SMILES string of the molecule is CC.CC(F)(F)c1cc(CNC=O)cc(C(F)(F)P)c1.CCC1=CC(NC2CC3CCC(C2)N3)=NC1.CCCCC. The monoisotopic (exact) mass is 602 g/mol.